The lowest BCUT2D eigenvalue weighted by Crippen LogP contribution is -2.58. The van der Waals surface area contributed by atoms with Crippen molar-refractivity contribution in [3.8, 4) is 0 Å². The molecule has 2 N–H and O–H groups in total. The molecule has 4 nitrogen and oxygen atoms in total. The third-order valence-electron chi connectivity index (χ3n) is 8.90. The molecular formula is C21H32O4. The summed E-state index contributed by atoms with van der Waals surface area (Å²) < 4.78 is 12.4. The molecule has 0 aromatic carbocycles. The largest absolute Gasteiger partial charge is 0.393 e. The van der Waals surface area contributed by atoms with E-state index in [1.165, 1.54) is 5.57 Å². The number of hydrogen-bond donors (Lipinski definition) is 2. The molecule has 4 heteroatoms. The van der Waals surface area contributed by atoms with E-state index >= 15 is 0 Å². The van der Waals surface area contributed by atoms with Crippen molar-refractivity contribution >= 4 is 0 Å². The summed E-state index contributed by atoms with van der Waals surface area (Å²) >= 11 is 0. The van der Waals surface area contributed by atoms with Crippen molar-refractivity contribution in [1.82, 2.24) is 0 Å². The number of hydrogen-bond acceptors (Lipinski definition) is 4. The maximum Gasteiger partial charge on any atom is 0.174 e. The first-order chi connectivity index (χ1) is 11.9. The molecule has 4 fully saturated rings. The van der Waals surface area contributed by atoms with E-state index in [0.29, 0.717) is 31.0 Å². The Morgan fingerprint density at radius 2 is 1.68 bits per heavy atom. The number of fused-ring (bicyclic) bond motifs is 6. The van der Waals surface area contributed by atoms with Gasteiger partial charge >= 0.3 is 0 Å². The summed E-state index contributed by atoms with van der Waals surface area (Å²) in [5, 5.41) is 21.2. The molecule has 0 amide bonds. The smallest absolute Gasteiger partial charge is 0.174 e. The van der Waals surface area contributed by atoms with Gasteiger partial charge in [0.25, 0.3) is 0 Å². The van der Waals surface area contributed by atoms with Gasteiger partial charge in [0.15, 0.2) is 5.79 Å². The van der Waals surface area contributed by atoms with Crippen molar-refractivity contribution in [2.45, 2.75) is 76.8 Å². The average Bonchev–Trinajstić information content (AvgIpc) is 3.17. The third kappa shape index (κ3) is 2.03. The van der Waals surface area contributed by atoms with Gasteiger partial charge in [-0.05, 0) is 61.7 Å². The third-order valence-corrected chi connectivity index (χ3v) is 8.90. The Morgan fingerprint density at radius 1 is 0.960 bits per heavy atom. The second-order valence-electron chi connectivity index (χ2n) is 9.73. The molecule has 0 unspecified atom stereocenters. The molecule has 1 spiro atoms. The van der Waals surface area contributed by atoms with Crippen LogP contribution in [0.4, 0.5) is 0 Å². The van der Waals surface area contributed by atoms with Crippen LogP contribution in [0.1, 0.15) is 58.8 Å². The first-order valence-corrected chi connectivity index (χ1v) is 10.2. The summed E-state index contributed by atoms with van der Waals surface area (Å²) in [7, 11) is 0. The van der Waals surface area contributed by atoms with Gasteiger partial charge in [-0.15, -0.1) is 0 Å². The molecule has 3 saturated carbocycles. The van der Waals surface area contributed by atoms with E-state index in [2.05, 4.69) is 19.9 Å². The minimum Gasteiger partial charge on any atom is -0.393 e. The molecule has 0 radical (unpaired) electrons. The summed E-state index contributed by atoms with van der Waals surface area (Å²) in [6.07, 6.45) is 8.50. The van der Waals surface area contributed by atoms with Crippen LogP contribution in [-0.2, 0) is 9.47 Å². The minimum absolute atomic E-state index is 0.0154. The SMILES string of the molecule is C[C@]12CC[C@@H](O)CC1=C[C@H](O)[C@@H]1[C@@H]2CC[C@@]2(C)[C@H]1CCC21OCCO1. The molecule has 0 bridgehead atoms. The van der Waals surface area contributed by atoms with Crippen molar-refractivity contribution in [1.29, 1.82) is 0 Å². The normalized spacial score (nSPS) is 53.9. The molecule has 140 valence electrons. The second-order valence-corrected chi connectivity index (χ2v) is 9.73. The van der Waals surface area contributed by atoms with Crippen LogP contribution >= 0.6 is 0 Å². The standard InChI is InChI=1S/C21H32O4/c1-19-6-3-14(22)11-13(19)12-17(23)18-15(19)4-7-20(2)16(18)5-8-21(20)24-9-10-25-21/h12,14-18,22-23H,3-11H2,1-2H3/t14-,15+,16+,17+,18-,19+,20+/m1/s1. The quantitative estimate of drug-likeness (QED) is 0.661. The van der Waals surface area contributed by atoms with Gasteiger partial charge in [-0.25, -0.2) is 0 Å². The minimum atomic E-state index is -0.407. The van der Waals surface area contributed by atoms with Crippen LogP contribution in [0.5, 0.6) is 0 Å². The Kier molecular flexibility index (Phi) is 3.55. The molecule has 1 saturated heterocycles. The van der Waals surface area contributed by atoms with E-state index in [0.717, 1.165) is 44.9 Å². The Bertz CT molecular complexity index is 595. The molecule has 0 aromatic rings. The van der Waals surface area contributed by atoms with Crippen molar-refractivity contribution in [2.75, 3.05) is 13.2 Å². The Hall–Kier alpha value is -0.420. The summed E-state index contributed by atoms with van der Waals surface area (Å²) in [6.45, 7) is 6.16. The molecule has 5 aliphatic rings. The van der Waals surface area contributed by atoms with Crippen LogP contribution in [0.2, 0.25) is 0 Å². The lowest BCUT2D eigenvalue weighted by Gasteiger charge is -2.59. The number of aliphatic hydroxyl groups is 2. The van der Waals surface area contributed by atoms with Gasteiger partial charge in [0, 0.05) is 11.8 Å². The van der Waals surface area contributed by atoms with Crippen LogP contribution in [0.3, 0.4) is 0 Å². The van der Waals surface area contributed by atoms with E-state index in [9.17, 15) is 10.2 Å². The van der Waals surface area contributed by atoms with Gasteiger partial charge in [-0.1, -0.05) is 25.5 Å². The zero-order valence-electron chi connectivity index (χ0n) is 15.5. The fraction of sp³-hybridized carbons (Fsp3) is 0.905. The lowest BCUT2D eigenvalue weighted by atomic mass is 9.47. The topological polar surface area (TPSA) is 58.9 Å². The fourth-order valence-electron chi connectivity index (χ4n) is 7.52. The zero-order valence-corrected chi connectivity index (χ0v) is 15.5. The summed E-state index contributed by atoms with van der Waals surface area (Å²) in [4.78, 5) is 0. The van der Waals surface area contributed by atoms with Crippen LogP contribution < -0.4 is 0 Å². The van der Waals surface area contributed by atoms with E-state index in [-0.39, 0.29) is 23.0 Å². The Balaban J connectivity index is 1.53. The lowest BCUT2D eigenvalue weighted by molar-refractivity contribution is -0.246. The van der Waals surface area contributed by atoms with Crippen LogP contribution in [-0.4, -0.2) is 41.4 Å². The highest BCUT2D eigenvalue weighted by Crippen LogP contribution is 2.68. The van der Waals surface area contributed by atoms with Crippen LogP contribution in [0, 0.1) is 28.6 Å². The van der Waals surface area contributed by atoms with Gasteiger partial charge in [0.05, 0.1) is 25.4 Å². The van der Waals surface area contributed by atoms with Gasteiger partial charge in [-0.2, -0.15) is 0 Å². The molecule has 4 aliphatic carbocycles. The summed E-state index contributed by atoms with van der Waals surface area (Å²) in [5.41, 5.74) is 1.48. The maximum absolute atomic E-state index is 11.1. The highest BCUT2D eigenvalue weighted by Gasteiger charge is 2.67. The molecule has 7 atom stereocenters. The predicted molar refractivity (Wildman–Crippen MR) is 93.7 cm³/mol. The molecule has 5 rings (SSSR count). The van der Waals surface area contributed by atoms with E-state index in [1.807, 2.05) is 0 Å². The molecule has 1 heterocycles. The highest BCUT2D eigenvalue weighted by atomic mass is 16.7. The van der Waals surface area contributed by atoms with Crippen LogP contribution in [0.25, 0.3) is 0 Å². The predicted octanol–water partition coefficient (Wildman–Crippen LogP) is 3.02. The van der Waals surface area contributed by atoms with Gasteiger partial charge in [0.2, 0.25) is 0 Å². The Labute approximate surface area is 150 Å². The maximum atomic E-state index is 11.1. The van der Waals surface area contributed by atoms with Gasteiger partial charge in [0.1, 0.15) is 0 Å². The molecule has 1 aliphatic heterocycles. The average molecular weight is 348 g/mol. The van der Waals surface area contributed by atoms with E-state index in [1.54, 1.807) is 0 Å². The second kappa shape index (κ2) is 5.31. The number of ether oxygens (including phenoxy) is 2. The summed E-state index contributed by atoms with van der Waals surface area (Å²) in [5.74, 6) is 0.871. The molecule has 25 heavy (non-hydrogen) atoms. The number of rotatable bonds is 0. The van der Waals surface area contributed by atoms with Crippen molar-refractivity contribution in [2.24, 2.45) is 28.6 Å². The van der Waals surface area contributed by atoms with Crippen molar-refractivity contribution in [3.63, 3.8) is 0 Å². The zero-order chi connectivity index (χ0) is 17.4. The summed E-state index contributed by atoms with van der Waals surface area (Å²) in [6, 6.07) is 0. The highest BCUT2D eigenvalue weighted by molar-refractivity contribution is 5.28. The van der Waals surface area contributed by atoms with Gasteiger partial charge in [-0.3, -0.25) is 0 Å². The fourth-order valence-corrected chi connectivity index (χ4v) is 7.52. The van der Waals surface area contributed by atoms with Crippen molar-refractivity contribution < 1.29 is 19.7 Å². The Morgan fingerprint density at radius 3 is 2.44 bits per heavy atom. The van der Waals surface area contributed by atoms with E-state index < -0.39 is 5.79 Å². The van der Waals surface area contributed by atoms with Gasteiger partial charge < -0.3 is 19.7 Å². The monoisotopic (exact) mass is 348 g/mol. The molecular weight excluding hydrogens is 316 g/mol. The molecule has 0 aromatic heterocycles. The van der Waals surface area contributed by atoms with E-state index in [4.69, 9.17) is 9.47 Å². The number of aliphatic hydroxyl groups excluding tert-OH is 2. The first kappa shape index (κ1) is 16.7. The van der Waals surface area contributed by atoms with Crippen molar-refractivity contribution in [3.05, 3.63) is 11.6 Å². The first-order valence-electron chi connectivity index (χ1n) is 10.2. The van der Waals surface area contributed by atoms with Crippen LogP contribution in [0.15, 0.2) is 11.6 Å².